The SMILES string of the molecule is CC(=O)Nc1cc(NCc2cccnc2)ccc1F. The van der Waals surface area contributed by atoms with Crippen LogP contribution in [0.1, 0.15) is 12.5 Å². The quantitative estimate of drug-likeness (QED) is 0.887. The molecular weight excluding hydrogens is 245 g/mol. The molecule has 1 aromatic carbocycles. The number of carbonyl (C=O) groups excluding carboxylic acids is 1. The van der Waals surface area contributed by atoms with Gasteiger partial charge in [0.05, 0.1) is 5.69 Å². The Morgan fingerprint density at radius 1 is 1.37 bits per heavy atom. The van der Waals surface area contributed by atoms with Crippen molar-refractivity contribution < 1.29 is 9.18 Å². The van der Waals surface area contributed by atoms with Gasteiger partial charge in [0.1, 0.15) is 5.82 Å². The highest BCUT2D eigenvalue weighted by Crippen LogP contribution is 2.20. The predicted molar refractivity (Wildman–Crippen MR) is 72.3 cm³/mol. The molecule has 2 rings (SSSR count). The summed E-state index contributed by atoms with van der Waals surface area (Å²) >= 11 is 0. The average molecular weight is 259 g/mol. The summed E-state index contributed by atoms with van der Waals surface area (Å²) in [5, 5.41) is 5.59. The van der Waals surface area contributed by atoms with Crippen LogP contribution >= 0.6 is 0 Å². The van der Waals surface area contributed by atoms with E-state index in [0.717, 1.165) is 11.3 Å². The third kappa shape index (κ3) is 3.77. The summed E-state index contributed by atoms with van der Waals surface area (Å²) in [6.07, 6.45) is 3.46. The van der Waals surface area contributed by atoms with Crippen LogP contribution in [0.15, 0.2) is 42.7 Å². The Morgan fingerprint density at radius 2 is 2.21 bits per heavy atom. The van der Waals surface area contributed by atoms with Gasteiger partial charge in [-0.3, -0.25) is 9.78 Å². The normalized spacial score (nSPS) is 10.0. The molecule has 0 unspecified atom stereocenters. The molecular formula is C14H14FN3O. The zero-order valence-electron chi connectivity index (χ0n) is 10.5. The third-order valence-electron chi connectivity index (χ3n) is 2.50. The van der Waals surface area contributed by atoms with Gasteiger partial charge in [-0.1, -0.05) is 6.07 Å². The van der Waals surface area contributed by atoms with Crippen LogP contribution in [0, 0.1) is 5.82 Å². The van der Waals surface area contributed by atoms with Gasteiger partial charge in [-0.2, -0.15) is 0 Å². The minimum Gasteiger partial charge on any atom is -0.381 e. The molecule has 4 nitrogen and oxygen atoms in total. The molecule has 1 amide bonds. The molecule has 0 fully saturated rings. The number of carbonyl (C=O) groups is 1. The number of pyridine rings is 1. The molecule has 0 saturated heterocycles. The molecule has 2 N–H and O–H groups in total. The Kier molecular flexibility index (Phi) is 4.07. The number of rotatable bonds is 4. The molecule has 0 aliphatic carbocycles. The van der Waals surface area contributed by atoms with Crippen molar-refractivity contribution >= 4 is 17.3 Å². The summed E-state index contributed by atoms with van der Waals surface area (Å²) in [5.74, 6) is -0.759. The molecule has 5 heteroatoms. The molecule has 2 aromatic rings. The smallest absolute Gasteiger partial charge is 0.221 e. The fraction of sp³-hybridized carbons (Fsp3) is 0.143. The van der Waals surface area contributed by atoms with Gasteiger partial charge >= 0.3 is 0 Å². The maximum atomic E-state index is 13.4. The molecule has 0 aliphatic rings. The third-order valence-corrected chi connectivity index (χ3v) is 2.50. The lowest BCUT2D eigenvalue weighted by Crippen LogP contribution is -2.08. The standard InChI is InChI=1S/C14H14FN3O/c1-10(19)18-14-7-12(4-5-13(14)15)17-9-11-3-2-6-16-8-11/h2-8,17H,9H2,1H3,(H,18,19). The highest BCUT2D eigenvalue weighted by atomic mass is 19.1. The second-order valence-electron chi connectivity index (χ2n) is 4.09. The Morgan fingerprint density at radius 3 is 2.89 bits per heavy atom. The van der Waals surface area contributed by atoms with E-state index in [4.69, 9.17) is 0 Å². The van der Waals surface area contributed by atoms with Gasteiger partial charge in [-0.15, -0.1) is 0 Å². The lowest BCUT2D eigenvalue weighted by atomic mass is 10.2. The van der Waals surface area contributed by atoms with Gasteiger partial charge in [-0.25, -0.2) is 4.39 Å². The summed E-state index contributed by atoms with van der Waals surface area (Å²) in [5.41, 5.74) is 1.92. The van der Waals surface area contributed by atoms with E-state index < -0.39 is 5.82 Å². The van der Waals surface area contributed by atoms with Crippen LogP contribution in [0.25, 0.3) is 0 Å². The summed E-state index contributed by atoms with van der Waals surface area (Å²) in [7, 11) is 0. The first kappa shape index (κ1) is 13.0. The number of amides is 1. The van der Waals surface area contributed by atoms with E-state index in [2.05, 4.69) is 15.6 Å². The van der Waals surface area contributed by atoms with Crippen molar-refractivity contribution in [3.05, 3.63) is 54.1 Å². The second kappa shape index (κ2) is 5.95. The van der Waals surface area contributed by atoms with Crippen molar-refractivity contribution in [2.45, 2.75) is 13.5 Å². The highest BCUT2D eigenvalue weighted by Gasteiger charge is 2.05. The van der Waals surface area contributed by atoms with Gasteiger partial charge in [0.2, 0.25) is 5.91 Å². The summed E-state index contributed by atoms with van der Waals surface area (Å²) in [4.78, 5) is 15.0. The maximum absolute atomic E-state index is 13.4. The zero-order chi connectivity index (χ0) is 13.7. The van der Waals surface area contributed by atoms with Crippen molar-refractivity contribution in [3.8, 4) is 0 Å². The molecule has 1 heterocycles. The average Bonchev–Trinajstić information content (AvgIpc) is 2.40. The van der Waals surface area contributed by atoms with Gasteiger partial charge in [-0.05, 0) is 29.8 Å². The first-order valence-corrected chi connectivity index (χ1v) is 5.85. The van der Waals surface area contributed by atoms with E-state index >= 15 is 0 Å². The molecule has 1 aromatic heterocycles. The van der Waals surface area contributed by atoms with Crippen LogP contribution in [0.4, 0.5) is 15.8 Å². The first-order valence-electron chi connectivity index (χ1n) is 5.85. The Hall–Kier alpha value is -2.43. The van der Waals surface area contributed by atoms with E-state index in [0.29, 0.717) is 6.54 Å². The van der Waals surface area contributed by atoms with Crippen LogP contribution in [-0.4, -0.2) is 10.9 Å². The van der Waals surface area contributed by atoms with Crippen molar-refractivity contribution in [1.29, 1.82) is 0 Å². The fourth-order valence-electron chi connectivity index (χ4n) is 1.63. The van der Waals surface area contributed by atoms with Gasteiger partial charge < -0.3 is 10.6 Å². The molecule has 0 spiro atoms. The van der Waals surface area contributed by atoms with Crippen molar-refractivity contribution in [3.63, 3.8) is 0 Å². The number of hydrogen-bond donors (Lipinski definition) is 2. The van der Waals surface area contributed by atoms with Crippen molar-refractivity contribution in [2.75, 3.05) is 10.6 Å². The Bertz CT molecular complexity index is 572. The molecule has 0 atom stereocenters. The number of hydrogen-bond acceptors (Lipinski definition) is 3. The minimum atomic E-state index is -0.456. The topological polar surface area (TPSA) is 54.0 Å². The van der Waals surface area contributed by atoms with Crippen LogP contribution in [0.2, 0.25) is 0 Å². The molecule has 0 bridgehead atoms. The summed E-state index contributed by atoms with van der Waals surface area (Å²) in [6, 6.07) is 8.30. The van der Waals surface area contributed by atoms with Gasteiger partial charge in [0, 0.05) is 31.5 Å². The van der Waals surface area contributed by atoms with Gasteiger partial charge in [0.15, 0.2) is 0 Å². The van der Waals surface area contributed by atoms with Crippen LogP contribution in [-0.2, 0) is 11.3 Å². The molecule has 0 radical (unpaired) electrons. The van der Waals surface area contributed by atoms with Gasteiger partial charge in [0.25, 0.3) is 0 Å². The number of anilines is 2. The largest absolute Gasteiger partial charge is 0.381 e. The van der Waals surface area contributed by atoms with E-state index in [9.17, 15) is 9.18 Å². The van der Waals surface area contributed by atoms with E-state index in [1.807, 2.05) is 12.1 Å². The number of nitrogens with one attached hydrogen (secondary N) is 2. The number of benzene rings is 1. The Labute approximate surface area is 110 Å². The molecule has 0 aliphatic heterocycles. The summed E-state index contributed by atoms with van der Waals surface area (Å²) < 4.78 is 13.4. The molecule has 19 heavy (non-hydrogen) atoms. The summed E-state index contributed by atoms with van der Waals surface area (Å²) in [6.45, 7) is 1.92. The lowest BCUT2D eigenvalue weighted by molar-refractivity contribution is -0.114. The minimum absolute atomic E-state index is 0.170. The molecule has 98 valence electrons. The second-order valence-corrected chi connectivity index (χ2v) is 4.09. The highest BCUT2D eigenvalue weighted by molar-refractivity contribution is 5.89. The lowest BCUT2D eigenvalue weighted by Gasteiger charge is -2.09. The van der Waals surface area contributed by atoms with E-state index in [1.54, 1.807) is 24.5 Å². The number of aromatic nitrogens is 1. The number of halogens is 1. The monoisotopic (exact) mass is 259 g/mol. The van der Waals surface area contributed by atoms with Crippen molar-refractivity contribution in [1.82, 2.24) is 4.98 Å². The van der Waals surface area contributed by atoms with E-state index in [1.165, 1.54) is 13.0 Å². The predicted octanol–water partition coefficient (Wildman–Crippen LogP) is 2.79. The van der Waals surface area contributed by atoms with Crippen LogP contribution in [0.3, 0.4) is 0 Å². The van der Waals surface area contributed by atoms with Crippen molar-refractivity contribution in [2.24, 2.45) is 0 Å². The maximum Gasteiger partial charge on any atom is 0.221 e. The van der Waals surface area contributed by atoms with Crippen LogP contribution < -0.4 is 10.6 Å². The number of nitrogens with zero attached hydrogens (tertiary/aromatic N) is 1. The van der Waals surface area contributed by atoms with Crippen LogP contribution in [0.5, 0.6) is 0 Å². The fourth-order valence-corrected chi connectivity index (χ4v) is 1.63. The first-order chi connectivity index (χ1) is 9.15. The zero-order valence-corrected chi connectivity index (χ0v) is 10.5. The Balaban J connectivity index is 2.06. The van der Waals surface area contributed by atoms with E-state index in [-0.39, 0.29) is 11.6 Å². The molecule has 0 saturated carbocycles.